The zero-order valence-electron chi connectivity index (χ0n) is 11.5. The number of carboxylic acid groups (broad SMARTS) is 1. The summed E-state index contributed by atoms with van der Waals surface area (Å²) in [4.78, 5) is 18.6. The molecule has 0 amide bonds. The van der Waals surface area contributed by atoms with Gasteiger partial charge in [-0.15, -0.1) is 0 Å². The molecule has 108 valence electrons. The molecule has 1 aliphatic rings. The fourth-order valence-corrected chi connectivity index (χ4v) is 2.31. The molecule has 2 aromatic heterocycles. The molecule has 1 N–H and O–H groups in total. The molecule has 2 aromatic rings. The van der Waals surface area contributed by atoms with E-state index in [1.165, 1.54) is 31.7 Å². The second kappa shape index (κ2) is 5.87. The molecule has 21 heavy (non-hydrogen) atoms. The molecule has 0 saturated heterocycles. The molecule has 0 unspecified atom stereocenters. The van der Waals surface area contributed by atoms with Crippen LogP contribution < -0.4 is 0 Å². The van der Waals surface area contributed by atoms with E-state index in [1.807, 2.05) is 16.8 Å². The van der Waals surface area contributed by atoms with E-state index in [2.05, 4.69) is 15.1 Å². The highest BCUT2D eigenvalue weighted by molar-refractivity contribution is 5.86. The average molecular weight is 284 g/mol. The molecule has 1 aliphatic carbocycles. The fourth-order valence-electron chi connectivity index (χ4n) is 2.31. The zero-order chi connectivity index (χ0) is 14.7. The van der Waals surface area contributed by atoms with Gasteiger partial charge in [0.2, 0.25) is 0 Å². The van der Waals surface area contributed by atoms with E-state index in [9.17, 15) is 4.79 Å². The SMILES string of the molecule is O=C(O)c1cc(C=Cc2ccnn2CC2CCC2)ncn1. The van der Waals surface area contributed by atoms with Crippen LogP contribution in [0.25, 0.3) is 12.2 Å². The van der Waals surface area contributed by atoms with Crippen molar-refractivity contribution in [2.75, 3.05) is 0 Å². The Hall–Kier alpha value is -2.50. The van der Waals surface area contributed by atoms with Crippen molar-refractivity contribution in [1.29, 1.82) is 0 Å². The van der Waals surface area contributed by atoms with Crippen LogP contribution in [0.15, 0.2) is 24.7 Å². The van der Waals surface area contributed by atoms with Gasteiger partial charge in [-0.2, -0.15) is 5.10 Å². The third kappa shape index (κ3) is 3.16. The third-order valence-corrected chi connectivity index (χ3v) is 3.74. The molecule has 1 saturated carbocycles. The summed E-state index contributed by atoms with van der Waals surface area (Å²) in [5.41, 5.74) is 1.56. The molecule has 0 aliphatic heterocycles. The van der Waals surface area contributed by atoms with Crippen molar-refractivity contribution in [2.45, 2.75) is 25.8 Å². The van der Waals surface area contributed by atoms with Gasteiger partial charge in [-0.1, -0.05) is 6.42 Å². The van der Waals surface area contributed by atoms with Crippen LogP contribution in [0, 0.1) is 5.92 Å². The summed E-state index contributed by atoms with van der Waals surface area (Å²) < 4.78 is 1.99. The second-order valence-electron chi connectivity index (χ2n) is 5.20. The smallest absolute Gasteiger partial charge is 0.354 e. The predicted octanol–water partition coefficient (Wildman–Crippen LogP) is 2.34. The summed E-state index contributed by atoms with van der Waals surface area (Å²) in [5, 5.41) is 13.2. The monoisotopic (exact) mass is 284 g/mol. The molecule has 0 atom stereocenters. The van der Waals surface area contributed by atoms with Crippen LogP contribution in [0.4, 0.5) is 0 Å². The van der Waals surface area contributed by atoms with Gasteiger partial charge < -0.3 is 5.11 Å². The van der Waals surface area contributed by atoms with E-state index in [4.69, 9.17) is 5.11 Å². The predicted molar refractivity (Wildman–Crippen MR) is 77.5 cm³/mol. The standard InChI is InChI=1S/C15H16N4O2/c20-15(21)14-8-12(16-10-17-14)4-5-13-6-7-18-19(13)9-11-2-1-3-11/h4-8,10-11H,1-3,9H2,(H,20,21). The number of carboxylic acids is 1. The minimum Gasteiger partial charge on any atom is -0.477 e. The van der Waals surface area contributed by atoms with E-state index in [1.54, 1.807) is 12.3 Å². The molecule has 1 fully saturated rings. The van der Waals surface area contributed by atoms with Crippen LogP contribution in [0.2, 0.25) is 0 Å². The molecule has 3 rings (SSSR count). The van der Waals surface area contributed by atoms with Crippen LogP contribution >= 0.6 is 0 Å². The Morgan fingerprint density at radius 1 is 1.38 bits per heavy atom. The zero-order valence-corrected chi connectivity index (χ0v) is 11.5. The summed E-state index contributed by atoms with van der Waals surface area (Å²) in [6.07, 6.45) is 10.6. The van der Waals surface area contributed by atoms with Gasteiger partial charge in [0.25, 0.3) is 0 Å². The quantitative estimate of drug-likeness (QED) is 0.911. The van der Waals surface area contributed by atoms with Gasteiger partial charge in [-0.05, 0) is 43.0 Å². The summed E-state index contributed by atoms with van der Waals surface area (Å²) in [6.45, 7) is 0.941. The van der Waals surface area contributed by atoms with Crippen LogP contribution in [-0.2, 0) is 6.54 Å². The van der Waals surface area contributed by atoms with Crippen molar-refractivity contribution in [3.05, 3.63) is 41.7 Å². The number of hydrogen-bond acceptors (Lipinski definition) is 4. The van der Waals surface area contributed by atoms with Gasteiger partial charge in [0.05, 0.1) is 11.4 Å². The van der Waals surface area contributed by atoms with Gasteiger partial charge in [-0.25, -0.2) is 14.8 Å². The van der Waals surface area contributed by atoms with Gasteiger partial charge in [0.15, 0.2) is 5.69 Å². The van der Waals surface area contributed by atoms with E-state index in [0.29, 0.717) is 5.69 Å². The maximum Gasteiger partial charge on any atom is 0.354 e. The first-order valence-corrected chi connectivity index (χ1v) is 6.97. The van der Waals surface area contributed by atoms with Crippen molar-refractivity contribution in [1.82, 2.24) is 19.7 Å². The van der Waals surface area contributed by atoms with Gasteiger partial charge in [0, 0.05) is 12.7 Å². The fraction of sp³-hybridized carbons (Fsp3) is 0.333. The van der Waals surface area contributed by atoms with Gasteiger partial charge >= 0.3 is 5.97 Å². The average Bonchev–Trinajstić information content (AvgIpc) is 2.88. The maximum absolute atomic E-state index is 10.9. The Balaban J connectivity index is 1.75. The first-order chi connectivity index (χ1) is 10.2. The van der Waals surface area contributed by atoms with Crippen LogP contribution in [0.5, 0.6) is 0 Å². The van der Waals surface area contributed by atoms with E-state index in [0.717, 1.165) is 18.2 Å². The molecule has 6 heteroatoms. The van der Waals surface area contributed by atoms with Crippen LogP contribution in [-0.4, -0.2) is 30.8 Å². The number of carbonyl (C=O) groups is 1. The van der Waals surface area contributed by atoms with Gasteiger partial charge in [-0.3, -0.25) is 4.68 Å². The molecule has 0 bridgehead atoms. The van der Waals surface area contributed by atoms with Crippen molar-refractivity contribution >= 4 is 18.1 Å². The van der Waals surface area contributed by atoms with Crippen molar-refractivity contribution in [2.24, 2.45) is 5.92 Å². The molecule has 6 nitrogen and oxygen atoms in total. The second-order valence-corrected chi connectivity index (χ2v) is 5.20. The molecular formula is C15H16N4O2. The first kappa shape index (κ1) is 13.5. The van der Waals surface area contributed by atoms with Gasteiger partial charge in [0.1, 0.15) is 6.33 Å². The lowest BCUT2D eigenvalue weighted by Crippen LogP contribution is -2.19. The lowest BCUT2D eigenvalue weighted by Gasteiger charge is -2.25. The Labute approximate surface area is 122 Å². The molecular weight excluding hydrogens is 268 g/mol. The van der Waals surface area contributed by atoms with Crippen molar-refractivity contribution < 1.29 is 9.90 Å². The topological polar surface area (TPSA) is 80.9 Å². The maximum atomic E-state index is 10.9. The van der Waals surface area contributed by atoms with Crippen molar-refractivity contribution in [3.63, 3.8) is 0 Å². The molecule has 2 heterocycles. The summed E-state index contributed by atoms with van der Waals surface area (Å²) in [7, 11) is 0. The first-order valence-electron chi connectivity index (χ1n) is 6.97. The van der Waals surface area contributed by atoms with Crippen LogP contribution in [0.1, 0.15) is 41.1 Å². The number of aromatic nitrogens is 4. The largest absolute Gasteiger partial charge is 0.477 e. The number of rotatable bonds is 5. The molecule has 0 aromatic carbocycles. The highest BCUT2D eigenvalue weighted by Crippen LogP contribution is 2.28. The Bertz CT molecular complexity index is 674. The van der Waals surface area contributed by atoms with Crippen molar-refractivity contribution in [3.8, 4) is 0 Å². The summed E-state index contributed by atoms with van der Waals surface area (Å²) in [5.74, 6) is -0.322. The minimum atomic E-state index is -1.05. The lowest BCUT2D eigenvalue weighted by atomic mass is 9.85. The number of aromatic carboxylic acids is 1. The highest BCUT2D eigenvalue weighted by atomic mass is 16.4. The Kier molecular flexibility index (Phi) is 3.77. The summed E-state index contributed by atoms with van der Waals surface area (Å²) in [6, 6.07) is 3.39. The van der Waals surface area contributed by atoms with E-state index >= 15 is 0 Å². The van der Waals surface area contributed by atoms with E-state index < -0.39 is 5.97 Å². The van der Waals surface area contributed by atoms with Crippen LogP contribution in [0.3, 0.4) is 0 Å². The Morgan fingerprint density at radius 3 is 2.95 bits per heavy atom. The minimum absolute atomic E-state index is 0.00683. The summed E-state index contributed by atoms with van der Waals surface area (Å²) >= 11 is 0. The normalized spacial score (nSPS) is 15.2. The highest BCUT2D eigenvalue weighted by Gasteiger charge is 2.18. The number of hydrogen-bond donors (Lipinski definition) is 1. The lowest BCUT2D eigenvalue weighted by molar-refractivity contribution is 0.0690. The third-order valence-electron chi connectivity index (χ3n) is 3.74. The number of nitrogens with zero attached hydrogens (tertiary/aromatic N) is 4. The Morgan fingerprint density at radius 2 is 2.24 bits per heavy atom. The molecule has 0 spiro atoms. The van der Waals surface area contributed by atoms with E-state index in [-0.39, 0.29) is 5.69 Å². The molecule has 0 radical (unpaired) electrons.